The zero-order valence-electron chi connectivity index (χ0n) is 10.5. The molecule has 0 saturated heterocycles. The van der Waals surface area contributed by atoms with Gasteiger partial charge < -0.3 is 9.47 Å². The molecule has 0 bridgehead atoms. The van der Waals surface area contributed by atoms with Crippen molar-refractivity contribution in [2.75, 3.05) is 13.2 Å². The van der Waals surface area contributed by atoms with Crippen LogP contribution in [0.15, 0.2) is 46.9 Å². The van der Waals surface area contributed by atoms with Crippen LogP contribution in [0.4, 0.5) is 0 Å². The maximum atomic E-state index is 10.9. The Bertz CT molecular complexity index is 601. The number of benzene rings is 2. The summed E-state index contributed by atoms with van der Waals surface area (Å²) in [7, 11) is 0. The van der Waals surface area contributed by atoms with E-state index in [1.165, 1.54) is 0 Å². The first kappa shape index (κ1) is 14.9. The van der Waals surface area contributed by atoms with Crippen molar-refractivity contribution in [3.8, 4) is 11.5 Å². The van der Waals surface area contributed by atoms with E-state index in [1.807, 2.05) is 24.3 Å². The van der Waals surface area contributed by atoms with E-state index in [0.29, 0.717) is 29.5 Å². The zero-order valence-corrected chi connectivity index (χ0v) is 12.9. The SMILES string of the molecule is O=Cc1cc(Cl)ccc1OCCOc1cccc(Br)c1. The number of rotatable bonds is 6. The second-order valence-corrected chi connectivity index (χ2v) is 5.31. The van der Waals surface area contributed by atoms with E-state index < -0.39 is 0 Å². The molecule has 0 heterocycles. The Hall–Kier alpha value is -1.52. The number of carbonyl (C=O) groups is 1. The molecule has 3 nitrogen and oxygen atoms in total. The van der Waals surface area contributed by atoms with Crippen LogP contribution in [-0.2, 0) is 0 Å². The quantitative estimate of drug-likeness (QED) is 0.570. The van der Waals surface area contributed by atoms with Crippen LogP contribution in [0, 0.1) is 0 Å². The van der Waals surface area contributed by atoms with Crippen LogP contribution in [0.2, 0.25) is 5.02 Å². The van der Waals surface area contributed by atoms with Crippen molar-refractivity contribution >= 4 is 33.8 Å². The minimum absolute atomic E-state index is 0.342. The maximum Gasteiger partial charge on any atom is 0.153 e. The topological polar surface area (TPSA) is 35.5 Å². The van der Waals surface area contributed by atoms with Crippen molar-refractivity contribution in [3.63, 3.8) is 0 Å². The van der Waals surface area contributed by atoms with Crippen molar-refractivity contribution in [3.05, 3.63) is 57.5 Å². The van der Waals surface area contributed by atoms with E-state index >= 15 is 0 Å². The van der Waals surface area contributed by atoms with E-state index in [1.54, 1.807) is 18.2 Å². The van der Waals surface area contributed by atoms with Crippen LogP contribution in [0.5, 0.6) is 11.5 Å². The van der Waals surface area contributed by atoms with Gasteiger partial charge in [-0.15, -0.1) is 0 Å². The largest absolute Gasteiger partial charge is 0.490 e. The molecule has 20 heavy (non-hydrogen) atoms. The van der Waals surface area contributed by atoms with Gasteiger partial charge in [0.05, 0.1) is 5.56 Å². The second-order valence-electron chi connectivity index (χ2n) is 3.95. The molecular formula is C15H12BrClO3. The van der Waals surface area contributed by atoms with Crippen LogP contribution in [0.1, 0.15) is 10.4 Å². The van der Waals surface area contributed by atoms with Crippen LogP contribution in [0.3, 0.4) is 0 Å². The van der Waals surface area contributed by atoms with Crippen molar-refractivity contribution < 1.29 is 14.3 Å². The summed E-state index contributed by atoms with van der Waals surface area (Å²) in [6.07, 6.45) is 0.719. The lowest BCUT2D eigenvalue weighted by Crippen LogP contribution is -2.09. The molecule has 2 aromatic carbocycles. The van der Waals surface area contributed by atoms with E-state index in [-0.39, 0.29) is 0 Å². The molecule has 0 aromatic heterocycles. The van der Waals surface area contributed by atoms with E-state index in [0.717, 1.165) is 16.5 Å². The lowest BCUT2D eigenvalue weighted by atomic mass is 10.2. The average Bonchev–Trinajstić information content (AvgIpc) is 2.45. The van der Waals surface area contributed by atoms with Gasteiger partial charge in [0.15, 0.2) is 6.29 Å². The fourth-order valence-electron chi connectivity index (χ4n) is 1.61. The third-order valence-electron chi connectivity index (χ3n) is 2.50. The normalized spacial score (nSPS) is 10.1. The summed E-state index contributed by atoms with van der Waals surface area (Å²) in [5.74, 6) is 1.26. The van der Waals surface area contributed by atoms with E-state index in [2.05, 4.69) is 15.9 Å². The Kier molecular flexibility index (Phi) is 5.44. The van der Waals surface area contributed by atoms with Gasteiger partial charge in [-0.2, -0.15) is 0 Å². The molecule has 0 unspecified atom stereocenters. The molecule has 0 fully saturated rings. The summed E-state index contributed by atoms with van der Waals surface area (Å²) in [5, 5.41) is 0.504. The van der Waals surface area contributed by atoms with Crippen LogP contribution >= 0.6 is 27.5 Å². The number of ether oxygens (including phenoxy) is 2. The molecule has 0 atom stereocenters. The smallest absolute Gasteiger partial charge is 0.153 e. The predicted octanol–water partition coefficient (Wildman–Crippen LogP) is 4.37. The summed E-state index contributed by atoms with van der Waals surface area (Å²) in [6.45, 7) is 0.729. The number of hydrogen-bond donors (Lipinski definition) is 0. The highest BCUT2D eigenvalue weighted by atomic mass is 79.9. The molecule has 0 amide bonds. The van der Waals surface area contributed by atoms with Gasteiger partial charge in [-0.3, -0.25) is 4.79 Å². The molecule has 0 N–H and O–H groups in total. The molecule has 0 aliphatic heterocycles. The van der Waals surface area contributed by atoms with Gasteiger partial charge in [0.1, 0.15) is 24.7 Å². The number of hydrogen-bond acceptors (Lipinski definition) is 3. The average molecular weight is 356 g/mol. The first-order chi connectivity index (χ1) is 9.69. The van der Waals surface area contributed by atoms with Gasteiger partial charge in [-0.25, -0.2) is 0 Å². The first-order valence-corrected chi connectivity index (χ1v) is 7.12. The lowest BCUT2D eigenvalue weighted by molar-refractivity contribution is 0.111. The van der Waals surface area contributed by atoms with Crippen LogP contribution in [0.25, 0.3) is 0 Å². The second kappa shape index (κ2) is 7.31. The first-order valence-electron chi connectivity index (χ1n) is 5.95. The molecule has 2 aromatic rings. The maximum absolute atomic E-state index is 10.9. The van der Waals surface area contributed by atoms with Crippen molar-refractivity contribution in [1.29, 1.82) is 0 Å². The minimum atomic E-state index is 0.342. The van der Waals surface area contributed by atoms with Crippen LogP contribution < -0.4 is 9.47 Å². The Balaban J connectivity index is 1.86. The Labute approximate surface area is 130 Å². The highest BCUT2D eigenvalue weighted by Crippen LogP contribution is 2.21. The molecule has 0 saturated carbocycles. The minimum Gasteiger partial charge on any atom is -0.490 e. The molecule has 2 rings (SSSR count). The summed E-state index contributed by atoms with van der Waals surface area (Å²) in [6, 6.07) is 12.5. The molecule has 0 radical (unpaired) electrons. The number of carbonyl (C=O) groups excluding carboxylic acids is 1. The summed E-state index contributed by atoms with van der Waals surface area (Å²) in [4.78, 5) is 10.9. The summed E-state index contributed by atoms with van der Waals surface area (Å²) in [5.41, 5.74) is 0.431. The Morgan fingerprint density at radius 3 is 2.65 bits per heavy atom. The fraction of sp³-hybridized carbons (Fsp3) is 0.133. The third-order valence-corrected chi connectivity index (χ3v) is 3.23. The molecule has 104 valence electrons. The molecular weight excluding hydrogens is 344 g/mol. The highest BCUT2D eigenvalue weighted by molar-refractivity contribution is 9.10. The van der Waals surface area contributed by atoms with E-state index in [4.69, 9.17) is 21.1 Å². The fourth-order valence-corrected chi connectivity index (χ4v) is 2.17. The monoisotopic (exact) mass is 354 g/mol. The summed E-state index contributed by atoms with van der Waals surface area (Å²) >= 11 is 9.18. The molecule has 0 aliphatic carbocycles. The number of aldehydes is 1. The molecule has 0 aliphatic rings. The highest BCUT2D eigenvalue weighted by Gasteiger charge is 2.04. The third kappa shape index (κ3) is 4.25. The molecule has 0 spiro atoms. The Morgan fingerprint density at radius 2 is 1.90 bits per heavy atom. The van der Waals surface area contributed by atoms with Gasteiger partial charge in [0.25, 0.3) is 0 Å². The van der Waals surface area contributed by atoms with Crippen molar-refractivity contribution in [1.82, 2.24) is 0 Å². The van der Waals surface area contributed by atoms with Gasteiger partial charge in [-0.05, 0) is 36.4 Å². The van der Waals surface area contributed by atoms with Gasteiger partial charge >= 0.3 is 0 Å². The Morgan fingerprint density at radius 1 is 1.10 bits per heavy atom. The number of halogens is 2. The summed E-state index contributed by atoms with van der Waals surface area (Å²) < 4.78 is 12.0. The lowest BCUT2D eigenvalue weighted by Gasteiger charge is -2.10. The predicted molar refractivity (Wildman–Crippen MR) is 82.0 cm³/mol. The van der Waals surface area contributed by atoms with E-state index in [9.17, 15) is 4.79 Å². The van der Waals surface area contributed by atoms with Gasteiger partial charge in [0.2, 0.25) is 0 Å². The standard InChI is InChI=1S/C15H12BrClO3/c16-12-2-1-3-14(9-12)19-6-7-20-15-5-4-13(17)8-11(15)10-18/h1-5,8-10H,6-7H2. The zero-order chi connectivity index (χ0) is 14.4. The van der Waals surface area contributed by atoms with Crippen molar-refractivity contribution in [2.45, 2.75) is 0 Å². The van der Waals surface area contributed by atoms with Gasteiger partial charge in [-0.1, -0.05) is 33.6 Å². The van der Waals surface area contributed by atoms with Crippen molar-refractivity contribution in [2.24, 2.45) is 0 Å². The van der Waals surface area contributed by atoms with Crippen LogP contribution in [-0.4, -0.2) is 19.5 Å². The molecule has 5 heteroatoms. The van der Waals surface area contributed by atoms with Gasteiger partial charge in [0, 0.05) is 9.50 Å².